The van der Waals surface area contributed by atoms with Crippen LogP contribution in [0.4, 0.5) is 0 Å². The van der Waals surface area contributed by atoms with Crippen molar-refractivity contribution in [3.05, 3.63) is 42.7 Å². The van der Waals surface area contributed by atoms with Crippen molar-refractivity contribution in [2.24, 2.45) is 14.1 Å². The predicted octanol–water partition coefficient (Wildman–Crippen LogP) is 2.16. The predicted molar refractivity (Wildman–Crippen MR) is 61.6 cm³/mol. The van der Waals surface area contributed by atoms with Gasteiger partial charge in [0.1, 0.15) is 12.6 Å². The molecule has 2 nitrogen and oxygen atoms in total. The van der Waals surface area contributed by atoms with Crippen molar-refractivity contribution >= 4 is 21.8 Å². The molecule has 0 N–H and O–H groups in total. The van der Waals surface area contributed by atoms with Crippen molar-refractivity contribution in [1.29, 1.82) is 0 Å². The van der Waals surface area contributed by atoms with E-state index in [1.54, 1.807) is 0 Å². The SMILES string of the molecule is Cn1c2ccccc2c2cc[n+](C)cc21. The largest absolute Gasteiger partial charge is 0.339 e. The molecule has 0 atom stereocenters. The third-order valence-electron chi connectivity index (χ3n) is 3.00. The normalized spacial score (nSPS) is 11.3. The molecule has 0 saturated heterocycles. The van der Waals surface area contributed by atoms with E-state index >= 15 is 0 Å². The zero-order valence-electron chi connectivity index (χ0n) is 8.94. The van der Waals surface area contributed by atoms with Crippen LogP contribution in [0.15, 0.2) is 42.7 Å². The first-order chi connectivity index (χ1) is 7.27. The Balaban J connectivity index is 2.63. The van der Waals surface area contributed by atoms with E-state index in [1.807, 2.05) is 0 Å². The summed E-state index contributed by atoms with van der Waals surface area (Å²) in [5.41, 5.74) is 2.57. The molecule has 3 rings (SSSR count). The first-order valence-corrected chi connectivity index (χ1v) is 5.10. The Kier molecular flexibility index (Phi) is 1.60. The number of hydrogen-bond acceptors (Lipinski definition) is 0. The minimum Gasteiger partial charge on any atom is -0.339 e. The highest BCUT2D eigenvalue weighted by Gasteiger charge is 2.09. The molecular weight excluding hydrogens is 184 g/mol. The molecule has 0 bridgehead atoms. The maximum atomic E-state index is 2.24. The van der Waals surface area contributed by atoms with E-state index in [-0.39, 0.29) is 0 Å². The second kappa shape index (κ2) is 2.83. The van der Waals surface area contributed by atoms with Gasteiger partial charge in [-0.05, 0) is 6.07 Å². The van der Waals surface area contributed by atoms with Crippen LogP contribution in [0.2, 0.25) is 0 Å². The maximum Gasteiger partial charge on any atom is 0.193 e. The highest BCUT2D eigenvalue weighted by atomic mass is 15.0. The fourth-order valence-electron chi connectivity index (χ4n) is 2.20. The summed E-state index contributed by atoms with van der Waals surface area (Å²) in [5.74, 6) is 0. The molecular formula is C13H13N2+. The Morgan fingerprint density at radius 3 is 2.60 bits per heavy atom. The van der Waals surface area contributed by atoms with E-state index in [9.17, 15) is 0 Å². The Bertz CT molecular complexity index is 650. The molecule has 0 spiro atoms. The average molecular weight is 197 g/mol. The van der Waals surface area contributed by atoms with Gasteiger partial charge in [0.15, 0.2) is 12.4 Å². The molecule has 0 radical (unpaired) electrons. The Hall–Kier alpha value is -1.83. The van der Waals surface area contributed by atoms with Gasteiger partial charge in [-0.25, -0.2) is 4.57 Å². The molecule has 2 heterocycles. The Morgan fingerprint density at radius 2 is 1.73 bits per heavy atom. The summed E-state index contributed by atoms with van der Waals surface area (Å²) in [6.07, 6.45) is 4.25. The van der Waals surface area contributed by atoms with Crippen LogP contribution < -0.4 is 4.57 Å². The van der Waals surface area contributed by atoms with Crippen LogP contribution in [-0.4, -0.2) is 4.57 Å². The quantitative estimate of drug-likeness (QED) is 0.488. The number of pyridine rings is 1. The van der Waals surface area contributed by atoms with E-state index in [4.69, 9.17) is 0 Å². The highest BCUT2D eigenvalue weighted by Crippen LogP contribution is 2.26. The second-order valence-corrected chi connectivity index (χ2v) is 3.99. The van der Waals surface area contributed by atoms with Crippen LogP contribution in [0.5, 0.6) is 0 Å². The summed E-state index contributed by atoms with van der Waals surface area (Å²) in [5, 5.41) is 2.65. The molecule has 2 aromatic heterocycles. The summed E-state index contributed by atoms with van der Waals surface area (Å²) >= 11 is 0. The number of hydrogen-bond donors (Lipinski definition) is 0. The monoisotopic (exact) mass is 197 g/mol. The molecule has 2 heteroatoms. The van der Waals surface area contributed by atoms with Crippen molar-refractivity contribution in [2.75, 3.05) is 0 Å². The van der Waals surface area contributed by atoms with Gasteiger partial charge in [0.25, 0.3) is 0 Å². The summed E-state index contributed by atoms with van der Waals surface area (Å²) < 4.78 is 4.33. The number of aryl methyl sites for hydroxylation is 2. The van der Waals surface area contributed by atoms with Crippen LogP contribution in [0.25, 0.3) is 21.8 Å². The molecule has 1 aromatic carbocycles. The van der Waals surface area contributed by atoms with E-state index < -0.39 is 0 Å². The van der Waals surface area contributed by atoms with Gasteiger partial charge >= 0.3 is 0 Å². The van der Waals surface area contributed by atoms with Gasteiger partial charge in [-0.15, -0.1) is 0 Å². The number of rotatable bonds is 0. The summed E-state index contributed by atoms with van der Waals surface area (Å²) in [6.45, 7) is 0. The van der Waals surface area contributed by atoms with Gasteiger partial charge in [-0.3, -0.25) is 0 Å². The number of para-hydroxylation sites is 1. The zero-order valence-corrected chi connectivity index (χ0v) is 8.94. The topological polar surface area (TPSA) is 8.81 Å². The lowest BCUT2D eigenvalue weighted by molar-refractivity contribution is -0.670. The summed E-state index contributed by atoms with van der Waals surface area (Å²) in [7, 11) is 4.17. The van der Waals surface area contributed by atoms with Crippen LogP contribution in [0.1, 0.15) is 0 Å². The molecule has 0 aliphatic rings. The fourth-order valence-corrected chi connectivity index (χ4v) is 2.20. The van der Waals surface area contributed by atoms with Crippen molar-refractivity contribution < 1.29 is 4.57 Å². The smallest absolute Gasteiger partial charge is 0.193 e. The van der Waals surface area contributed by atoms with Crippen molar-refractivity contribution in [2.45, 2.75) is 0 Å². The van der Waals surface area contributed by atoms with Crippen molar-refractivity contribution in [3.8, 4) is 0 Å². The van der Waals surface area contributed by atoms with Gasteiger partial charge in [-0.1, -0.05) is 18.2 Å². The third kappa shape index (κ3) is 1.08. The number of benzene rings is 1. The summed E-state index contributed by atoms with van der Waals surface area (Å²) in [4.78, 5) is 0. The van der Waals surface area contributed by atoms with Crippen LogP contribution in [-0.2, 0) is 14.1 Å². The van der Waals surface area contributed by atoms with E-state index in [1.165, 1.54) is 21.8 Å². The minimum absolute atomic E-state index is 1.28. The molecule has 15 heavy (non-hydrogen) atoms. The average Bonchev–Trinajstić information content (AvgIpc) is 2.54. The molecule has 0 fully saturated rings. The van der Waals surface area contributed by atoms with Gasteiger partial charge in [0.2, 0.25) is 0 Å². The van der Waals surface area contributed by atoms with Gasteiger partial charge in [-0.2, -0.15) is 0 Å². The van der Waals surface area contributed by atoms with Crippen LogP contribution in [0, 0.1) is 0 Å². The van der Waals surface area contributed by atoms with Crippen molar-refractivity contribution in [1.82, 2.24) is 4.57 Å². The fraction of sp³-hybridized carbons (Fsp3) is 0.154. The van der Waals surface area contributed by atoms with Gasteiger partial charge < -0.3 is 4.57 Å². The number of fused-ring (bicyclic) bond motifs is 3. The molecule has 0 aliphatic heterocycles. The minimum atomic E-state index is 1.28. The Morgan fingerprint density at radius 1 is 1.00 bits per heavy atom. The second-order valence-electron chi connectivity index (χ2n) is 3.99. The van der Waals surface area contributed by atoms with E-state index in [2.05, 4.69) is 66.0 Å². The van der Waals surface area contributed by atoms with Crippen molar-refractivity contribution in [3.63, 3.8) is 0 Å². The lowest BCUT2D eigenvalue weighted by Crippen LogP contribution is -2.26. The summed E-state index contributed by atoms with van der Waals surface area (Å²) in [6, 6.07) is 10.7. The number of aromatic nitrogens is 2. The standard InChI is InChI=1S/C13H13N2/c1-14-8-7-11-10-5-3-4-6-12(10)15(2)13(11)9-14/h3-9H,1-2H3/q+1. The molecule has 0 aliphatic carbocycles. The molecule has 0 amide bonds. The first kappa shape index (κ1) is 8.48. The van der Waals surface area contributed by atoms with Crippen LogP contribution >= 0.6 is 0 Å². The molecule has 3 aromatic rings. The van der Waals surface area contributed by atoms with Crippen LogP contribution in [0.3, 0.4) is 0 Å². The zero-order chi connectivity index (χ0) is 10.4. The van der Waals surface area contributed by atoms with Gasteiger partial charge in [0.05, 0.1) is 0 Å². The molecule has 74 valence electrons. The van der Waals surface area contributed by atoms with Gasteiger partial charge in [0, 0.05) is 29.4 Å². The lowest BCUT2D eigenvalue weighted by Gasteiger charge is -1.94. The lowest BCUT2D eigenvalue weighted by atomic mass is 10.2. The third-order valence-corrected chi connectivity index (χ3v) is 3.00. The maximum absolute atomic E-state index is 2.24. The number of nitrogens with zero attached hydrogens (tertiary/aromatic N) is 2. The first-order valence-electron chi connectivity index (χ1n) is 5.10. The molecule has 0 unspecified atom stereocenters. The Labute approximate surface area is 88.4 Å². The van der Waals surface area contributed by atoms with E-state index in [0.29, 0.717) is 0 Å². The molecule has 0 saturated carbocycles. The highest BCUT2D eigenvalue weighted by molar-refractivity contribution is 6.07. The van der Waals surface area contributed by atoms with E-state index in [0.717, 1.165) is 0 Å².